The number of carbonyl (C=O) groups is 1. The fourth-order valence-corrected chi connectivity index (χ4v) is 4.33. The molecule has 1 aromatic heterocycles. The molecule has 0 unspecified atom stereocenters. The van der Waals surface area contributed by atoms with Crippen molar-refractivity contribution < 1.29 is 9.53 Å². The maximum absolute atomic E-state index is 12.5. The molecular weight excluding hydrogens is 467 g/mol. The van der Waals surface area contributed by atoms with Crippen LogP contribution in [0, 0.1) is 20.8 Å². The van der Waals surface area contributed by atoms with Gasteiger partial charge in [0.15, 0.2) is 12.4 Å². The van der Waals surface area contributed by atoms with Gasteiger partial charge in [0.2, 0.25) is 5.16 Å². The van der Waals surface area contributed by atoms with Crippen molar-refractivity contribution in [3.8, 4) is 5.75 Å². The molecule has 0 radical (unpaired) electrons. The first-order chi connectivity index (χ1) is 14.3. The van der Waals surface area contributed by atoms with E-state index in [4.69, 9.17) is 39.5 Å². The second-order valence-electron chi connectivity index (χ2n) is 6.48. The minimum absolute atomic E-state index is 0.229. The first-order valence-corrected chi connectivity index (χ1v) is 11.1. The molecule has 0 aliphatic rings. The first kappa shape index (κ1) is 22.7. The van der Waals surface area contributed by atoms with Crippen molar-refractivity contribution in [3.63, 3.8) is 0 Å². The molecule has 1 N–H and O–H groups in total. The Labute approximate surface area is 193 Å². The summed E-state index contributed by atoms with van der Waals surface area (Å²) in [7, 11) is 0. The lowest BCUT2D eigenvalue weighted by Crippen LogP contribution is -2.29. The molecule has 6 nitrogen and oxygen atoms in total. The summed E-state index contributed by atoms with van der Waals surface area (Å²) in [5.74, 6) is 1.07. The maximum Gasteiger partial charge on any atom is 0.276 e. The zero-order valence-electron chi connectivity index (χ0n) is 16.5. The lowest BCUT2D eigenvalue weighted by Gasteiger charge is -2.16. The topological polar surface area (TPSA) is 69.0 Å². The maximum atomic E-state index is 12.5. The monoisotopic (exact) mass is 484 g/mol. The van der Waals surface area contributed by atoms with Gasteiger partial charge in [0.05, 0.1) is 10.0 Å². The van der Waals surface area contributed by atoms with Gasteiger partial charge in [-0.3, -0.25) is 10.2 Å². The molecule has 0 bridgehead atoms. The fourth-order valence-electron chi connectivity index (χ4n) is 2.62. The molecular formula is C20H19Cl3N4O2S. The van der Waals surface area contributed by atoms with Crippen molar-refractivity contribution in [2.75, 3.05) is 12.0 Å². The van der Waals surface area contributed by atoms with E-state index in [1.54, 1.807) is 20.8 Å². The molecule has 3 aromatic rings. The van der Waals surface area contributed by atoms with E-state index in [1.165, 1.54) is 16.4 Å². The summed E-state index contributed by atoms with van der Waals surface area (Å²) in [5.41, 5.74) is 5.17. The third-order valence-corrected chi connectivity index (χ3v) is 6.78. The third-order valence-electron chi connectivity index (χ3n) is 4.31. The van der Waals surface area contributed by atoms with Gasteiger partial charge >= 0.3 is 0 Å². The standard InChI is InChI=1S/C20H19Cl3N4O2S/c1-11-16(21)12(2)18(23)19(17(11)22)29-9-15(28)26-27-13(3)24-25-20(27)30-10-14-7-5-4-6-8-14/h4-8H,9-10H2,1-3H3,(H,26,28). The minimum Gasteiger partial charge on any atom is -0.481 e. The molecule has 0 aliphatic carbocycles. The second kappa shape index (κ2) is 9.92. The second-order valence-corrected chi connectivity index (χ2v) is 8.56. The van der Waals surface area contributed by atoms with E-state index < -0.39 is 5.91 Å². The van der Waals surface area contributed by atoms with E-state index in [0.717, 1.165) is 5.56 Å². The van der Waals surface area contributed by atoms with E-state index in [0.29, 0.717) is 32.9 Å². The molecule has 0 saturated carbocycles. The minimum atomic E-state index is -0.406. The Kier molecular flexibility index (Phi) is 7.52. The number of thioether (sulfide) groups is 1. The number of nitrogens with zero attached hydrogens (tertiary/aromatic N) is 3. The number of hydrogen-bond acceptors (Lipinski definition) is 5. The van der Waals surface area contributed by atoms with E-state index in [-0.39, 0.29) is 22.4 Å². The smallest absolute Gasteiger partial charge is 0.276 e. The highest BCUT2D eigenvalue weighted by Gasteiger charge is 2.19. The molecule has 0 spiro atoms. The Balaban J connectivity index is 1.67. The highest BCUT2D eigenvalue weighted by atomic mass is 35.5. The molecule has 3 rings (SSSR count). The number of ether oxygens (including phenoxy) is 1. The third kappa shape index (κ3) is 5.03. The Morgan fingerprint density at radius 2 is 1.67 bits per heavy atom. The van der Waals surface area contributed by atoms with Crippen LogP contribution in [-0.4, -0.2) is 27.4 Å². The first-order valence-electron chi connectivity index (χ1n) is 8.94. The van der Waals surface area contributed by atoms with E-state index in [9.17, 15) is 4.79 Å². The van der Waals surface area contributed by atoms with Gasteiger partial charge in [0, 0.05) is 10.8 Å². The lowest BCUT2D eigenvalue weighted by atomic mass is 10.1. The van der Waals surface area contributed by atoms with Crippen molar-refractivity contribution in [3.05, 3.63) is 67.9 Å². The summed E-state index contributed by atoms with van der Waals surface area (Å²) in [5, 5.41) is 9.77. The summed E-state index contributed by atoms with van der Waals surface area (Å²) in [6.45, 7) is 4.98. The van der Waals surface area contributed by atoms with Crippen LogP contribution in [-0.2, 0) is 10.5 Å². The van der Waals surface area contributed by atoms with Gasteiger partial charge in [-0.15, -0.1) is 10.2 Å². The fraction of sp³-hybridized carbons (Fsp3) is 0.250. The number of aryl methyl sites for hydroxylation is 1. The molecule has 0 saturated heterocycles. The summed E-state index contributed by atoms with van der Waals surface area (Å²) in [6.07, 6.45) is 0. The predicted octanol–water partition coefficient (Wildman–Crippen LogP) is 5.60. The Morgan fingerprint density at radius 3 is 2.30 bits per heavy atom. The van der Waals surface area contributed by atoms with Crippen LogP contribution in [0.2, 0.25) is 15.1 Å². The van der Waals surface area contributed by atoms with Gasteiger partial charge in [0.25, 0.3) is 5.91 Å². The number of benzene rings is 2. The average molecular weight is 486 g/mol. The lowest BCUT2D eigenvalue weighted by molar-refractivity contribution is -0.119. The van der Waals surface area contributed by atoms with Crippen molar-refractivity contribution in [1.82, 2.24) is 14.9 Å². The number of aromatic nitrogens is 3. The van der Waals surface area contributed by atoms with Crippen LogP contribution >= 0.6 is 46.6 Å². The van der Waals surface area contributed by atoms with E-state index >= 15 is 0 Å². The van der Waals surface area contributed by atoms with Crippen LogP contribution in [0.1, 0.15) is 22.5 Å². The molecule has 0 atom stereocenters. The number of halogens is 3. The molecule has 2 aromatic carbocycles. The summed E-state index contributed by atoms with van der Waals surface area (Å²) < 4.78 is 7.14. The molecule has 0 aliphatic heterocycles. The highest BCUT2D eigenvalue weighted by Crippen LogP contribution is 2.42. The molecule has 158 valence electrons. The van der Waals surface area contributed by atoms with Gasteiger partial charge in [-0.05, 0) is 37.5 Å². The van der Waals surface area contributed by atoms with Crippen LogP contribution in [0.5, 0.6) is 5.75 Å². The number of hydrogen-bond donors (Lipinski definition) is 1. The Hall–Kier alpha value is -1.93. The quantitative estimate of drug-likeness (QED) is 0.441. The van der Waals surface area contributed by atoms with Crippen LogP contribution in [0.3, 0.4) is 0 Å². The Morgan fingerprint density at radius 1 is 1.03 bits per heavy atom. The number of amides is 1. The van der Waals surface area contributed by atoms with Gasteiger partial charge in [-0.25, -0.2) is 4.68 Å². The SMILES string of the molecule is Cc1c(Cl)c(C)c(Cl)c(OCC(=O)Nn2c(C)nnc2SCc2ccccc2)c1Cl. The van der Waals surface area contributed by atoms with Crippen LogP contribution in [0.15, 0.2) is 35.5 Å². The molecule has 1 heterocycles. The van der Waals surface area contributed by atoms with Crippen LogP contribution in [0.4, 0.5) is 0 Å². The van der Waals surface area contributed by atoms with Crippen molar-refractivity contribution >= 4 is 52.5 Å². The molecule has 10 heteroatoms. The molecule has 1 amide bonds. The van der Waals surface area contributed by atoms with Crippen molar-refractivity contribution in [1.29, 1.82) is 0 Å². The van der Waals surface area contributed by atoms with Gasteiger partial charge in [-0.1, -0.05) is 76.9 Å². The van der Waals surface area contributed by atoms with Gasteiger partial charge in [0.1, 0.15) is 5.82 Å². The molecule has 0 fully saturated rings. The number of carbonyl (C=O) groups excluding carboxylic acids is 1. The van der Waals surface area contributed by atoms with Crippen molar-refractivity contribution in [2.45, 2.75) is 31.7 Å². The zero-order valence-corrected chi connectivity index (χ0v) is 19.6. The molecule has 30 heavy (non-hydrogen) atoms. The summed E-state index contributed by atoms with van der Waals surface area (Å²) in [4.78, 5) is 12.5. The van der Waals surface area contributed by atoms with Gasteiger partial charge in [-0.2, -0.15) is 0 Å². The number of rotatable bonds is 7. The number of nitrogens with one attached hydrogen (secondary N) is 1. The average Bonchev–Trinajstić information content (AvgIpc) is 3.09. The summed E-state index contributed by atoms with van der Waals surface area (Å²) >= 11 is 20.3. The van der Waals surface area contributed by atoms with Crippen molar-refractivity contribution in [2.24, 2.45) is 0 Å². The van der Waals surface area contributed by atoms with E-state index in [1.807, 2.05) is 30.3 Å². The van der Waals surface area contributed by atoms with E-state index in [2.05, 4.69) is 15.6 Å². The van der Waals surface area contributed by atoms with Crippen LogP contribution < -0.4 is 10.2 Å². The largest absolute Gasteiger partial charge is 0.481 e. The highest BCUT2D eigenvalue weighted by molar-refractivity contribution is 7.98. The predicted molar refractivity (Wildman–Crippen MR) is 122 cm³/mol. The normalized spacial score (nSPS) is 10.9. The summed E-state index contributed by atoms with van der Waals surface area (Å²) in [6, 6.07) is 9.96. The zero-order chi connectivity index (χ0) is 21.8. The van der Waals surface area contributed by atoms with Crippen LogP contribution in [0.25, 0.3) is 0 Å². The van der Waals surface area contributed by atoms with Gasteiger partial charge < -0.3 is 4.74 Å². The Bertz CT molecular complexity index is 1040.